The molecule has 0 saturated heterocycles. The van der Waals surface area contributed by atoms with Gasteiger partial charge in [-0.05, 0) is 48.4 Å². The Morgan fingerprint density at radius 3 is 2.32 bits per heavy atom. The zero-order valence-electron chi connectivity index (χ0n) is 15.8. The summed E-state index contributed by atoms with van der Waals surface area (Å²) in [5.41, 5.74) is 13.8. The quantitative estimate of drug-likeness (QED) is 0.791. The zero-order chi connectivity index (χ0) is 18.0. The number of benzene rings is 2. The molecule has 2 atom stereocenters. The molecule has 2 N–H and O–H groups in total. The van der Waals surface area contributed by atoms with Crippen LogP contribution in [0.4, 0.5) is 0 Å². The van der Waals surface area contributed by atoms with E-state index in [1.807, 2.05) is 0 Å². The van der Waals surface area contributed by atoms with Gasteiger partial charge in [0.25, 0.3) is 0 Å². The van der Waals surface area contributed by atoms with Crippen molar-refractivity contribution >= 4 is 11.3 Å². The Morgan fingerprint density at radius 2 is 1.64 bits per heavy atom. The van der Waals surface area contributed by atoms with E-state index < -0.39 is 0 Å². The maximum Gasteiger partial charge on any atom is 0.0874 e. The van der Waals surface area contributed by atoms with Crippen molar-refractivity contribution in [2.24, 2.45) is 11.7 Å². The molecule has 0 aliphatic heterocycles. The molecule has 3 rings (SSSR count). The molecule has 2 unspecified atom stereocenters. The largest absolute Gasteiger partial charge is 0.398 e. The van der Waals surface area contributed by atoms with Crippen LogP contribution < -0.4 is 5.73 Å². The first-order chi connectivity index (χ1) is 12.0. The summed E-state index contributed by atoms with van der Waals surface area (Å²) in [6.45, 7) is 8.70. The standard InChI is InChI=1S/C23H29NO/c1-5-16(4)22-20-13-9-8-12-19(20)21(25-15(2)3)14-17-10-6-7-11-18(17)23(22)24/h6-13,15-16,21H,5,14,24H2,1-4H3/b23-22+. The van der Waals surface area contributed by atoms with Crippen LogP contribution in [0.25, 0.3) is 11.3 Å². The van der Waals surface area contributed by atoms with E-state index in [1.165, 1.54) is 22.3 Å². The van der Waals surface area contributed by atoms with Gasteiger partial charge in [0, 0.05) is 17.7 Å². The number of ether oxygens (including phenoxy) is 1. The van der Waals surface area contributed by atoms with Crippen molar-refractivity contribution in [2.45, 2.75) is 52.7 Å². The molecule has 0 amide bonds. The molecule has 0 aromatic heterocycles. The van der Waals surface area contributed by atoms with Gasteiger partial charge in [-0.15, -0.1) is 0 Å². The highest BCUT2D eigenvalue weighted by molar-refractivity contribution is 5.92. The molecule has 132 valence electrons. The van der Waals surface area contributed by atoms with Crippen molar-refractivity contribution in [1.29, 1.82) is 0 Å². The van der Waals surface area contributed by atoms with Crippen molar-refractivity contribution in [2.75, 3.05) is 0 Å². The summed E-state index contributed by atoms with van der Waals surface area (Å²) in [6, 6.07) is 17.1. The number of hydrogen-bond donors (Lipinski definition) is 1. The molecule has 2 aromatic rings. The molecule has 2 aromatic carbocycles. The molecular formula is C23H29NO. The van der Waals surface area contributed by atoms with Crippen LogP contribution in [0.5, 0.6) is 0 Å². The Morgan fingerprint density at radius 1 is 1.00 bits per heavy atom. The number of allylic oxidation sites excluding steroid dienone is 1. The third kappa shape index (κ3) is 3.50. The van der Waals surface area contributed by atoms with Crippen LogP contribution in [0.1, 0.15) is 62.5 Å². The van der Waals surface area contributed by atoms with E-state index in [4.69, 9.17) is 10.5 Å². The molecule has 1 aliphatic rings. The highest BCUT2D eigenvalue weighted by Crippen LogP contribution is 2.40. The maximum atomic E-state index is 6.74. The summed E-state index contributed by atoms with van der Waals surface area (Å²) in [6.07, 6.45) is 2.13. The van der Waals surface area contributed by atoms with E-state index in [-0.39, 0.29) is 12.2 Å². The van der Waals surface area contributed by atoms with Crippen molar-refractivity contribution in [3.63, 3.8) is 0 Å². The Bertz CT molecular complexity index is 775. The Hall–Kier alpha value is -2.06. The lowest BCUT2D eigenvalue weighted by Crippen LogP contribution is -2.20. The highest BCUT2D eigenvalue weighted by Gasteiger charge is 2.27. The van der Waals surface area contributed by atoms with E-state index in [9.17, 15) is 0 Å². The fourth-order valence-electron chi connectivity index (χ4n) is 3.77. The number of rotatable bonds is 4. The van der Waals surface area contributed by atoms with Crippen LogP contribution >= 0.6 is 0 Å². The van der Waals surface area contributed by atoms with Gasteiger partial charge in [-0.25, -0.2) is 0 Å². The summed E-state index contributed by atoms with van der Waals surface area (Å²) in [5, 5.41) is 0. The number of fused-ring (bicyclic) bond motifs is 2. The first kappa shape index (κ1) is 17.8. The topological polar surface area (TPSA) is 35.2 Å². The summed E-state index contributed by atoms with van der Waals surface area (Å²) in [5.74, 6) is 0.395. The Balaban J connectivity index is 2.29. The SMILES string of the molecule is CCC(C)/C1=C(\N)c2ccccc2CC(OC(C)C)c2ccccc21. The van der Waals surface area contributed by atoms with Crippen LogP contribution in [0, 0.1) is 5.92 Å². The molecule has 0 spiro atoms. The van der Waals surface area contributed by atoms with Crippen molar-refractivity contribution in [3.8, 4) is 0 Å². The van der Waals surface area contributed by atoms with Gasteiger partial charge in [0.15, 0.2) is 0 Å². The lowest BCUT2D eigenvalue weighted by Gasteiger charge is -2.30. The van der Waals surface area contributed by atoms with Crippen molar-refractivity contribution < 1.29 is 4.74 Å². The molecule has 1 aliphatic carbocycles. The van der Waals surface area contributed by atoms with Gasteiger partial charge in [-0.2, -0.15) is 0 Å². The zero-order valence-corrected chi connectivity index (χ0v) is 15.8. The van der Waals surface area contributed by atoms with Crippen molar-refractivity contribution in [1.82, 2.24) is 0 Å². The van der Waals surface area contributed by atoms with Gasteiger partial charge in [0.2, 0.25) is 0 Å². The minimum absolute atomic E-state index is 0.0458. The molecule has 2 heteroatoms. The van der Waals surface area contributed by atoms with E-state index in [1.54, 1.807) is 0 Å². The average Bonchev–Trinajstić information content (AvgIpc) is 2.60. The van der Waals surface area contributed by atoms with Crippen LogP contribution in [0.3, 0.4) is 0 Å². The maximum absolute atomic E-state index is 6.74. The Kier molecular flexibility index (Phi) is 5.29. The van der Waals surface area contributed by atoms with Gasteiger partial charge in [0.05, 0.1) is 12.2 Å². The van der Waals surface area contributed by atoms with Gasteiger partial charge in [-0.1, -0.05) is 62.4 Å². The second kappa shape index (κ2) is 7.45. The van der Waals surface area contributed by atoms with Gasteiger partial charge >= 0.3 is 0 Å². The molecule has 0 bridgehead atoms. The van der Waals surface area contributed by atoms with E-state index >= 15 is 0 Å². The van der Waals surface area contributed by atoms with Gasteiger partial charge in [0.1, 0.15) is 0 Å². The van der Waals surface area contributed by atoms with E-state index in [0.29, 0.717) is 5.92 Å². The van der Waals surface area contributed by atoms with Crippen LogP contribution in [0.15, 0.2) is 48.5 Å². The average molecular weight is 335 g/mol. The minimum Gasteiger partial charge on any atom is -0.398 e. The van der Waals surface area contributed by atoms with Crippen LogP contribution in [-0.4, -0.2) is 6.10 Å². The molecular weight excluding hydrogens is 306 g/mol. The van der Waals surface area contributed by atoms with Crippen LogP contribution in [0.2, 0.25) is 0 Å². The minimum atomic E-state index is 0.0458. The second-order valence-electron chi connectivity index (χ2n) is 7.26. The summed E-state index contributed by atoms with van der Waals surface area (Å²) < 4.78 is 6.34. The van der Waals surface area contributed by atoms with E-state index in [2.05, 4.69) is 76.2 Å². The molecule has 0 radical (unpaired) electrons. The lowest BCUT2D eigenvalue weighted by atomic mass is 9.80. The fourth-order valence-corrected chi connectivity index (χ4v) is 3.77. The molecule has 0 fully saturated rings. The molecule has 2 nitrogen and oxygen atoms in total. The van der Waals surface area contributed by atoms with E-state index in [0.717, 1.165) is 24.1 Å². The molecule has 25 heavy (non-hydrogen) atoms. The predicted molar refractivity (Wildman–Crippen MR) is 106 cm³/mol. The van der Waals surface area contributed by atoms with Gasteiger partial charge in [-0.3, -0.25) is 0 Å². The first-order valence-electron chi connectivity index (χ1n) is 9.35. The second-order valence-corrected chi connectivity index (χ2v) is 7.26. The van der Waals surface area contributed by atoms with Crippen LogP contribution in [-0.2, 0) is 11.2 Å². The molecule has 0 saturated carbocycles. The van der Waals surface area contributed by atoms with Gasteiger partial charge < -0.3 is 10.5 Å². The number of nitrogens with two attached hydrogens (primary N) is 1. The summed E-state index contributed by atoms with van der Waals surface area (Å²) >= 11 is 0. The van der Waals surface area contributed by atoms with Crippen molar-refractivity contribution in [3.05, 3.63) is 70.8 Å². The summed E-state index contributed by atoms with van der Waals surface area (Å²) in [4.78, 5) is 0. The lowest BCUT2D eigenvalue weighted by molar-refractivity contribution is 0.00660. The first-order valence-corrected chi connectivity index (χ1v) is 9.35. The number of hydrogen-bond acceptors (Lipinski definition) is 2. The fraction of sp³-hybridized carbons (Fsp3) is 0.391. The predicted octanol–water partition coefficient (Wildman–Crippen LogP) is 5.58. The Labute approximate surface area is 151 Å². The third-order valence-corrected chi connectivity index (χ3v) is 5.14. The smallest absolute Gasteiger partial charge is 0.0874 e. The monoisotopic (exact) mass is 335 g/mol. The third-order valence-electron chi connectivity index (χ3n) is 5.14. The highest BCUT2D eigenvalue weighted by atomic mass is 16.5. The normalized spacial score (nSPS) is 21.2. The summed E-state index contributed by atoms with van der Waals surface area (Å²) in [7, 11) is 0. The molecule has 0 heterocycles.